The number of pyridine rings is 1. The van der Waals surface area contributed by atoms with Gasteiger partial charge in [0.05, 0.1) is 22.8 Å². The second kappa shape index (κ2) is 6.11. The van der Waals surface area contributed by atoms with E-state index >= 15 is 0 Å². The maximum Gasteiger partial charge on any atom is 0.314 e. The summed E-state index contributed by atoms with van der Waals surface area (Å²) in [6, 6.07) is 10.1. The van der Waals surface area contributed by atoms with Crippen LogP contribution in [0.3, 0.4) is 0 Å². The van der Waals surface area contributed by atoms with Gasteiger partial charge in [0.2, 0.25) is 0 Å². The van der Waals surface area contributed by atoms with Crippen LogP contribution < -0.4 is 16.4 Å². The van der Waals surface area contributed by atoms with Crippen LogP contribution in [0.15, 0.2) is 46.0 Å². The highest BCUT2D eigenvalue weighted by atomic mass is 16.2. The number of hydrogen-bond donors (Lipinski definition) is 3. The Hall–Kier alpha value is -3.22. The maximum absolute atomic E-state index is 12.4. The van der Waals surface area contributed by atoms with Gasteiger partial charge in [-0.2, -0.15) is 0 Å². The molecule has 0 aliphatic carbocycles. The minimum Gasteiger partial charge on any atom is -0.344 e. The minimum absolute atomic E-state index is 0.261. The quantitative estimate of drug-likeness (QED) is 0.633. The third-order valence-electron chi connectivity index (χ3n) is 3.69. The number of hydrogen-bond acceptors (Lipinski definition) is 4. The van der Waals surface area contributed by atoms with E-state index in [2.05, 4.69) is 20.3 Å². The number of H-pyrrole nitrogens is 2. The first-order valence-electron chi connectivity index (χ1n) is 7.45. The number of amides is 1. The lowest BCUT2D eigenvalue weighted by molar-refractivity contribution is 0.0939. The standard InChI is InChI=1S/C17H16N4O3/c1-9-4-3-5-12(18-9)10(2)19-15(22)11-6-7-13-14(8-11)21-17(24)16(23)20-13/h3-8,10H,1-2H3,(H,19,22)(H,20,23)(H,21,24). The topological polar surface area (TPSA) is 108 Å². The van der Waals surface area contributed by atoms with Crippen LogP contribution in [0.25, 0.3) is 11.0 Å². The summed E-state index contributed by atoms with van der Waals surface area (Å²) >= 11 is 0. The third kappa shape index (κ3) is 3.10. The van der Waals surface area contributed by atoms with Crippen LogP contribution in [0, 0.1) is 6.92 Å². The van der Waals surface area contributed by atoms with E-state index in [0.29, 0.717) is 16.6 Å². The van der Waals surface area contributed by atoms with Gasteiger partial charge in [0.25, 0.3) is 5.91 Å². The number of fused-ring (bicyclic) bond motifs is 1. The molecule has 0 fully saturated rings. The van der Waals surface area contributed by atoms with Gasteiger partial charge in [0.1, 0.15) is 0 Å². The molecule has 0 aliphatic heterocycles. The number of nitrogens with one attached hydrogen (secondary N) is 3. The van der Waals surface area contributed by atoms with E-state index in [-0.39, 0.29) is 11.9 Å². The first-order chi connectivity index (χ1) is 11.4. The molecular weight excluding hydrogens is 308 g/mol. The van der Waals surface area contributed by atoms with E-state index in [1.165, 1.54) is 6.07 Å². The molecule has 3 N–H and O–H groups in total. The van der Waals surface area contributed by atoms with Crippen molar-refractivity contribution in [2.24, 2.45) is 0 Å². The smallest absolute Gasteiger partial charge is 0.314 e. The molecule has 1 unspecified atom stereocenters. The average Bonchev–Trinajstić information content (AvgIpc) is 2.55. The molecule has 0 bridgehead atoms. The molecule has 1 amide bonds. The van der Waals surface area contributed by atoms with Gasteiger partial charge in [-0.05, 0) is 44.2 Å². The molecule has 7 nitrogen and oxygen atoms in total. The fraction of sp³-hybridized carbons (Fsp3) is 0.176. The molecule has 0 saturated heterocycles. The first kappa shape index (κ1) is 15.7. The van der Waals surface area contributed by atoms with Crippen LogP contribution >= 0.6 is 0 Å². The fourth-order valence-electron chi connectivity index (χ4n) is 2.42. The van der Waals surface area contributed by atoms with Crippen molar-refractivity contribution in [3.05, 3.63) is 74.1 Å². The zero-order valence-electron chi connectivity index (χ0n) is 13.2. The fourth-order valence-corrected chi connectivity index (χ4v) is 2.42. The number of carbonyl (C=O) groups excluding carboxylic acids is 1. The number of aromatic nitrogens is 3. The molecule has 0 aliphatic rings. The van der Waals surface area contributed by atoms with Crippen molar-refractivity contribution in [3.8, 4) is 0 Å². The number of benzene rings is 1. The summed E-state index contributed by atoms with van der Waals surface area (Å²) < 4.78 is 0. The SMILES string of the molecule is Cc1cccc(C(C)NC(=O)c2ccc3[nH]c(=O)c(=O)[nH]c3c2)n1. The van der Waals surface area contributed by atoms with Gasteiger partial charge >= 0.3 is 11.1 Å². The Balaban J connectivity index is 1.87. The predicted molar refractivity (Wildman–Crippen MR) is 90.0 cm³/mol. The average molecular weight is 324 g/mol. The first-order valence-corrected chi connectivity index (χ1v) is 7.45. The van der Waals surface area contributed by atoms with Crippen LogP contribution in [0.4, 0.5) is 0 Å². The summed E-state index contributed by atoms with van der Waals surface area (Å²) in [7, 11) is 0. The monoisotopic (exact) mass is 324 g/mol. The number of carbonyl (C=O) groups is 1. The van der Waals surface area contributed by atoms with Gasteiger partial charge in [0, 0.05) is 11.3 Å². The van der Waals surface area contributed by atoms with E-state index in [1.54, 1.807) is 12.1 Å². The Kier molecular flexibility index (Phi) is 3.99. The zero-order chi connectivity index (χ0) is 17.3. The Morgan fingerprint density at radius 1 is 1.08 bits per heavy atom. The molecule has 0 spiro atoms. The van der Waals surface area contributed by atoms with Crippen LogP contribution in [-0.4, -0.2) is 20.9 Å². The summed E-state index contributed by atoms with van der Waals surface area (Å²) in [6.07, 6.45) is 0. The van der Waals surface area contributed by atoms with Crippen LogP contribution in [0.5, 0.6) is 0 Å². The van der Waals surface area contributed by atoms with Crippen molar-refractivity contribution >= 4 is 16.9 Å². The van der Waals surface area contributed by atoms with E-state index < -0.39 is 11.1 Å². The summed E-state index contributed by atoms with van der Waals surface area (Å²) in [6.45, 7) is 3.73. The highest BCUT2D eigenvalue weighted by Crippen LogP contribution is 2.13. The Morgan fingerprint density at radius 2 is 1.79 bits per heavy atom. The zero-order valence-corrected chi connectivity index (χ0v) is 13.2. The third-order valence-corrected chi connectivity index (χ3v) is 3.69. The Morgan fingerprint density at radius 3 is 2.50 bits per heavy atom. The molecule has 2 heterocycles. The molecule has 0 radical (unpaired) electrons. The second-order valence-electron chi connectivity index (χ2n) is 5.57. The molecule has 3 aromatic rings. The molecular formula is C17H16N4O3. The molecule has 1 aromatic carbocycles. The molecule has 24 heavy (non-hydrogen) atoms. The van der Waals surface area contributed by atoms with Gasteiger partial charge in [-0.15, -0.1) is 0 Å². The van der Waals surface area contributed by atoms with Crippen molar-refractivity contribution in [2.75, 3.05) is 0 Å². The highest BCUT2D eigenvalue weighted by Gasteiger charge is 2.13. The lowest BCUT2D eigenvalue weighted by atomic mass is 10.1. The summed E-state index contributed by atoms with van der Waals surface area (Å²) in [5.74, 6) is -0.292. The number of nitrogens with zero attached hydrogens (tertiary/aromatic N) is 1. The molecule has 3 rings (SSSR count). The van der Waals surface area contributed by atoms with Gasteiger partial charge in [-0.25, -0.2) is 0 Å². The molecule has 122 valence electrons. The van der Waals surface area contributed by atoms with Gasteiger partial charge in [-0.1, -0.05) is 6.07 Å². The van der Waals surface area contributed by atoms with Crippen molar-refractivity contribution in [3.63, 3.8) is 0 Å². The Bertz CT molecular complexity index is 1040. The largest absolute Gasteiger partial charge is 0.344 e. The van der Waals surface area contributed by atoms with Gasteiger partial charge in [0.15, 0.2) is 0 Å². The van der Waals surface area contributed by atoms with E-state index in [0.717, 1.165) is 11.4 Å². The molecule has 2 aromatic heterocycles. The summed E-state index contributed by atoms with van der Waals surface area (Å²) in [4.78, 5) is 44.4. The normalized spacial score (nSPS) is 12.1. The van der Waals surface area contributed by atoms with Crippen molar-refractivity contribution in [2.45, 2.75) is 19.9 Å². The van der Waals surface area contributed by atoms with Crippen molar-refractivity contribution in [1.29, 1.82) is 0 Å². The summed E-state index contributed by atoms with van der Waals surface area (Å²) in [5.41, 5.74) is 1.40. The van der Waals surface area contributed by atoms with Gasteiger partial charge in [-0.3, -0.25) is 19.4 Å². The molecule has 0 saturated carbocycles. The van der Waals surface area contributed by atoms with E-state index in [4.69, 9.17) is 0 Å². The van der Waals surface area contributed by atoms with Crippen LogP contribution in [-0.2, 0) is 0 Å². The lowest BCUT2D eigenvalue weighted by Crippen LogP contribution is -2.29. The van der Waals surface area contributed by atoms with E-state index in [1.807, 2.05) is 32.0 Å². The number of aryl methyl sites for hydroxylation is 1. The number of aromatic amines is 2. The predicted octanol–water partition coefficient (Wildman–Crippen LogP) is 1.41. The molecule has 1 atom stereocenters. The second-order valence-corrected chi connectivity index (χ2v) is 5.57. The van der Waals surface area contributed by atoms with Crippen molar-refractivity contribution < 1.29 is 4.79 Å². The maximum atomic E-state index is 12.4. The Labute approximate surface area is 136 Å². The minimum atomic E-state index is -0.752. The highest BCUT2D eigenvalue weighted by molar-refractivity contribution is 5.97. The van der Waals surface area contributed by atoms with Gasteiger partial charge < -0.3 is 15.3 Å². The summed E-state index contributed by atoms with van der Waals surface area (Å²) in [5, 5.41) is 2.86. The van der Waals surface area contributed by atoms with Crippen molar-refractivity contribution in [1.82, 2.24) is 20.3 Å². The van der Waals surface area contributed by atoms with Crippen LogP contribution in [0.1, 0.15) is 34.7 Å². The lowest BCUT2D eigenvalue weighted by Gasteiger charge is -2.14. The van der Waals surface area contributed by atoms with Crippen LogP contribution in [0.2, 0.25) is 0 Å². The van der Waals surface area contributed by atoms with E-state index in [9.17, 15) is 14.4 Å². The number of rotatable bonds is 3. The molecule has 7 heteroatoms.